The number of rotatable bonds is 4. The standard InChI is InChI=1S/C22H14F3N3OS/c23-22(24,25)16-11-9-15(10-12-16)20(29)28-21-27-18(17-8-4-5-13-26-17)19(30-21)14-6-2-1-3-7-14/h1-13H,(H,27,28,29). The first kappa shape index (κ1) is 19.8. The van der Waals surface area contributed by atoms with E-state index in [-0.39, 0.29) is 5.56 Å². The number of nitrogens with one attached hydrogen (secondary N) is 1. The number of hydrogen-bond donors (Lipinski definition) is 1. The van der Waals surface area contributed by atoms with E-state index in [1.165, 1.54) is 11.3 Å². The lowest BCUT2D eigenvalue weighted by atomic mass is 10.1. The van der Waals surface area contributed by atoms with Crippen LogP contribution in [0, 0.1) is 0 Å². The van der Waals surface area contributed by atoms with Crippen LogP contribution in [0.1, 0.15) is 15.9 Å². The van der Waals surface area contributed by atoms with Crippen molar-refractivity contribution < 1.29 is 18.0 Å². The van der Waals surface area contributed by atoms with Crippen LogP contribution in [0.4, 0.5) is 18.3 Å². The number of anilines is 1. The fourth-order valence-corrected chi connectivity index (χ4v) is 3.79. The minimum Gasteiger partial charge on any atom is -0.298 e. The average molecular weight is 425 g/mol. The monoisotopic (exact) mass is 425 g/mol. The van der Waals surface area contributed by atoms with Crippen LogP contribution in [-0.4, -0.2) is 15.9 Å². The third-order valence-corrected chi connectivity index (χ3v) is 5.29. The highest BCUT2D eigenvalue weighted by atomic mass is 32.1. The third kappa shape index (κ3) is 4.23. The van der Waals surface area contributed by atoms with Gasteiger partial charge in [0.1, 0.15) is 5.69 Å². The lowest BCUT2D eigenvalue weighted by Gasteiger charge is -2.07. The summed E-state index contributed by atoms with van der Waals surface area (Å²) in [5.41, 5.74) is 1.50. The van der Waals surface area contributed by atoms with Gasteiger partial charge in [0.2, 0.25) is 0 Å². The van der Waals surface area contributed by atoms with Crippen molar-refractivity contribution in [3.05, 3.63) is 90.1 Å². The minimum absolute atomic E-state index is 0.110. The number of alkyl halides is 3. The molecule has 0 spiro atoms. The second kappa shape index (κ2) is 8.08. The molecule has 0 saturated heterocycles. The molecule has 0 aliphatic carbocycles. The Hall–Kier alpha value is -3.52. The van der Waals surface area contributed by atoms with Gasteiger partial charge in [0.25, 0.3) is 5.91 Å². The molecule has 4 aromatic rings. The van der Waals surface area contributed by atoms with E-state index >= 15 is 0 Å². The number of carbonyl (C=O) groups is 1. The van der Waals surface area contributed by atoms with E-state index in [0.717, 1.165) is 34.7 Å². The van der Waals surface area contributed by atoms with Gasteiger partial charge >= 0.3 is 6.18 Å². The smallest absolute Gasteiger partial charge is 0.298 e. The predicted octanol–water partition coefficient (Wildman–Crippen LogP) is 6.14. The molecule has 4 rings (SSSR count). The SMILES string of the molecule is O=C(Nc1nc(-c2ccccn2)c(-c2ccccc2)s1)c1ccc(C(F)(F)F)cc1. The van der Waals surface area contributed by atoms with Gasteiger partial charge in [0.15, 0.2) is 5.13 Å². The van der Waals surface area contributed by atoms with Crippen LogP contribution < -0.4 is 5.32 Å². The van der Waals surface area contributed by atoms with Gasteiger partial charge in [-0.15, -0.1) is 0 Å². The molecule has 30 heavy (non-hydrogen) atoms. The van der Waals surface area contributed by atoms with Gasteiger partial charge < -0.3 is 0 Å². The summed E-state index contributed by atoms with van der Waals surface area (Å²) < 4.78 is 38.2. The summed E-state index contributed by atoms with van der Waals surface area (Å²) in [4.78, 5) is 22.2. The second-order valence-corrected chi connectivity index (χ2v) is 7.31. The Morgan fingerprint density at radius 1 is 0.900 bits per heavy atom. The molecule has 150 valence electrons. The maximum atomic E-state index is 12.7. The van der Waals surface area contributed by atoms with Crippen LogP contribution >= 0.6 is 11.3 Å². The first-order valence-corrected chi connectivity index (χ1v) is 9.70. The molecule has 0 aliphatic heterocycles. The maximum Gasteiger partial charge on any atom is 0.416 e. The summed E-state index contributed by atoms with van der Waals surface area (Å²) in [6, 6.07) is 19.1. The molecule has 0 saturated carbocycles. The molecule has 2 heterocycles. The van der Waals surface area contributed by atoms with E-state index in [2.05, 4.69) is 15.3 Å². The maximum absolute atomic E-state index is 12.7. The lowest BCUT2D eigenvalue weighted by molar-refractivity contribution is -0.137. The highest BCUT2D eigenvalue weighted by Crippen LogP contribution is 2.38. The molecule has 0 radical (unpaired) electrons. The van der Waals surface area contributed by atoms with E-state index in [1.54, 1.807) is 12.3 Å². The number of benzene rings is 2. The Labute approximate surface area is 174 Å². The first-order valence-electron chi connectivity index (χ1n) is 8.88. The van der Waals surface area contributed by atoms with E-state index < -0.39 is 17.6 Å². The number of aromatic nitrogens is 2. The number of halogens is 3. The molecule has 4 nitrogen and oxygen atoms in total. The highest BCUT2D eigenvalue weighted by Gasteiger charge is 2.30. The zero-order valence-electron chi connectivity index (χ0n) is 15.4. The summed E-state index contributed by atoms with van der Waals surface area (Å²) in [5.74, 6) is -0.537. The number of amides is 1. The Kier molecular flexibility index (Phi) is 5.33. The molecule has 1 amide bonds. The van der Waals surface area contributed by atoms with Crippen LogP contribution in [0.2, 0.25) is 0 Å². The molecule has 8 heteroatoms. The van der Waals surface area contributed by atoms with Crippen molar-refractivity contribution in [2.75, 3.05) is 5.32 Å². The summed E-state index contributed by atoms with van der Waals surface area (Å²) >= 11 is 1.27. The van der Waals surface area contributed by atoms with Crippen molar-refractivity contribution in [3.63, 3.8) is 0 Å². The molecule has 0 unspecified atom stereocenters. The molecule has 2 aromatic carbocycles. The Balaban J connectivity index is 1.65. The highest BCUT2D eigenvalue weighted by molar-refractivity contribution is 7.19. The Bertz CT molecular complexity index is 1100. The minimum atomic E-state index is -4.45. The van der Waals surface area contributed by atoms with Crippen LogP contribution in [-0.2, 0) is 6.18 Å². The van der Waals surface area contributed by atoms with Gasteiger partial charge in [0.05, 0.1) is 16.1 Å². The van der Waals surface area contributed by atoms with Crippen LogP contribution in [0.25, 0.3) is 21.8 Å². The van der Waals surface area contributed by atoms with Gasteiger partial charge in [-0.1, -0.05) is 47.7 Å². The van der Waals surface area contributed by atoms with Crippen LogP contribution in [0.15, 0.2) is 79.0 Å². The normalized spacial score (nSPS) is 11.3. The summed E-state index contributed by atoms with van der Waals surface area (Å²) in [6.07, 6.45) is -2.80. The molecular formula is C22H14F3N3OS. The van der Waals surface area contributed by atoms with Gasteiger partial charge in [-0.05, 0) is 42.0 Å². The van der Waals surface area contributed by atoms with Crippen molar-refractivity contribution in [2.24, 2.45) is 0 Å². The van der Waals surface area contributed by atoms with Gasteiger partial charge in [-0.3, -0.25) is 15.1 Å². The quantitative estimate of drug-likeness (QED) is 0.427. The fraction of sp³-hybridized carbons (Fsp3) is 0.0455. The summed E-state index contributed by atoms with van der Waals surface area (Å²) in [7, 11) is 0. The average Bonchev–Trinajstić information content (AvgIpc) is 3.18. The molecule has 0 bridgehead atoms. The van der Waals surface area contributed by atoms with Gasteiger partial charge in [0, 0.05) is 11.8 Å². The molecule has 2 aromatic heterocycles. The van der Waals surface area contributed by atoms with Gasteiger partial charge in [-0.2, -0.15) is 13.2 Å². The molecular weight excluding hydrogens is 411 g/mol. The lowest BCUT2D eigenvalue weighted by Crippen LogP contribution is -2.12. The summed E-state index contributed by atoms with van der Waals surface area (Å²) in [6.45, 7) is 0. The number of carbonyl (C=O) groups excluding carboxylic acids is 1. The van der Waals surface area contributed by atoms with Crippen molar-refractivity contribution in [3.8, 4) is 21.8 Å². The molecule has 0 atom stereocenters. The number of thiazole rings is 1. The van der Waals surface area contributed by atoms with Crippen LogP contribution in [0.3, 0.4) is 0 Å². The van der Waals surface area contributed by atoms with E-state index in [1.807, 2.05) is 42.5 Å². The molecule has 0 fully saturated rings. The van der Waals surface area contributed by atoms with E-state index in [4.69, 9.17) is 0 Å². The first-order chi connectivity index (χ1) is 14.4. The Morgan fingerprint density at radius 2 is 1.60 bits per heavy atom. The van der Waals surface area contributed by atoms with Crippen molar-refractivity contribution in [1.29, 1.82) is 0 Å². The predicted molar refractivity (Wildman–Crippen MR) is 110 cm³/mol. The number of pyridine rings is 1. The zero-order chi connectivity index (χ0) is 21.1. The van der Waals surface area contributed by atoms with Crippen molar-refractivity contribution in [2.45, 2.75) is 6.18 Å². The van der Waals surface area contributed by atoms with Crippen molar-refractivity contribution >= 4 is 22.4 Å². The summed E-state index contributed by atoms with van der Waals surface area (Å²) in [5, 5.41) is 3.01. The second-order valence-electron chi connectivity index (χ2n) is 6.31. The topological polar surface area (TPSA) is 54.9 Å². The largest absolute Gasteiger partial charge is 0.416 e. The number of hydrogen-bond acceptors (Lipinski definition) is 4. The van der Waals surface area contributed by atoms with Crippen LogP contribution in [0.5, 0.6) is 0 Å². The number of nitrogens with zero attached hydrogens (tertiary/aromatic N) is 2. The molecule has 1 N–H and O–H groups in total. The van der Waals surface area contributed by atoms with E-state index in [9.17, 15) is 18.0 Å². The van der Waals surface area contributed by atoms with E-state index in [0.29, 0.717) is 16.5 Å². The Morgan fingerprint density at radius 3 is 2.23 bits per heavy atom. The molecule has 0 aliphatic rings. The van der Waals surface area contributed by atoms with Gasteiger partial charge in [-0.25, -0.2) is 4.98 Å². The van der Waals surface area contributed by atoms with Crippen molar-refractivity contribution in [1.82, 2.24) is 9.97 Å². The zero-order valence-corrected chi connectivity index (χ0v) is 16.2. The third-order valence-electron chi connectivity index (χ3n) is 4.27. The fourth-order valence-electron chi connectivity index (χ4n) is 2.82.